The highest BCUT2D eigenvalue weighted by atomic mass is 16.5. The normalized spacial score (nSPS) is 16.8. The van der Waals surface area contributed by atoms with E-state index in [9.17, 15) is 0 Å². The van der Waals surface area contributed by atoms with Gasteiger partial charge in [-0.05, 0) is 24.1 Å². The maximum absolute atomic E-state index is 5.30. The summed E-state index contributed by atoms with van der Waals surface area (Å²) >= 11 is 0. The summed E-state index contributed by atoms with van der Waals surface area (Å²) in [6, 6.07) is 9.17. The van der Waals surface area contributed by atoms with Crippen LogP contribution >= 0.6 is 0 Å². The van der Waals surface area contributed by atoms with E-state index in [0.29, 0.717) is 6.04 Å². The van der Waals surface area contributed by atoms with Gasteiger partial charge in [-0.15, -0.1) is 0 Å². The lowest BCUT2D eigenvalue weighted by atomic mass is 10.1. The SMILES string of the molecule is CCCNC(COC)CN1Cc2ccccc2C1. The Bertz CT molecular complexity index is 342. The second-order valence-electron chi connectivity index (χ2n) is 5.04. The predicted molar refractivity (Wildman–Crippen MR) is 74.5 cm³/mol. The highest BCUT2D eigenvalue weighted by molar-refractivity contribution is 5.30. The molecule has 1 N–H and O–H groups in total. The molecule has 18 heavy (non-hydrogen) atoms. The standard InChI is InChI=1S/C15H24N2O/c1-3-8-16-15(12-18-2)11-17-9-13-6-4-5-7-14(13)10-17/h4-7,15-16H,3,8-12H2,1-2H3. The zero-order valence-corrected chi connectivity index (χ0v) is 11.5. The van der Waals surface area contributed by atoms with E-state index < -0.39 is 0 Å². The van der Waals surface area contributed by atoms with E-state index in [0.717, 1.165) is 32.8 Å². The first-order valence-corrected chi connectivity index (χ1v) is 6.85. The van der Waals surface area contributed by atoms with Gasteiger partial charge in [-0.25, -0.2) is 0 Å². The van der Waals surface area contributed by atoms with E-state index in [1.165, 1.54) is 17.5 Å². The van der Waals surface area contributed by atoms with Crippen molar-refractivity contribution in [1.82, 2.24) is 10.2 Å². The monoisotopic (exact) mass is 248 g/mol. The summed E-state index contributed by atoms with van der Waals surface area (Å²) < 4.78 is 5.30. The van der Waals surface area contributed by atoms with Gasteiger partial charge < -0.3 is 10.1 Å². The van der Waals surface area contributed by atoms with E-state index in [1.807, 2.05) is 0 Å². The van der Waals surface area contributed by atoms with Gasteiger partial charge in [0, 0.05) is 32.8 Å². The summed E-state index contributed by atoms with van der Waals surface area (Å²) in [7, 11) is 1.78. The maximum atomic E-state index is 5.30. The quantitative estimate of drug-likeness (QED) is 0.799. The van der Waals surface area contributed by atoms with Gasteiger partial charge in [0.1, 0.15) is 0 Å². The number of benzene rings is 1. The lowest BCUT2D eigenvalue weighted by Gasteiger charge is -2.23. The first-order valence-electron chi connectivity index (χ1n) is 6.85. The van der Waals surface area contributed by atoms with Gasteiger partial charge in [-0.2, -0.15) is 0 Å². The fourth-order valence-corrected chi connectivity index (χ4v) is 2.57. The molecule has 0 fully saturated rings. The summed E-state index contributed by atoms with van der Waals surface area (Å²) in [5.41, 5.74) is 2.95. The van der Waals surface area contributed by atoms with Crippen LogP contribution in [0.5, 0.6) is 0 Å². The van der Waals surface area contributed by atoms with Crippen LogP contribution in [0.15, 0.2) is 24.3 Å². The minimum atomic E-state index is 0.435. The lowest BCUT2D eigenvalue weighted by Crippen LogP contribution is -2.42. The van der Waals surface area contributed by atoms with Crippen molar-refractivity contribution in [2.75, 3.05) is 26.8 Å². The average molecular weight is 248 g/mol. The topological polar surface area (TPSA) is 24.5 Å². The third-order valence-corrected chi connectivity index (χ3v) is 3.44. The second-order valence-corrected chi connectivity index (χ2v) is 5.04. The van der Waals surface area contributed by atoms with E-state index in [-0.39, 0.29) is 0 Å². The number of nitrogens with zero attached hydrogens (tertiary/aromatic N) is 1. The van der Waals surface area contributed by atoms with Gasteiger partial charge in [0.2, 0.25) is 0 Å². The lowest BCUT2D eigenvalue weighted by molar-refractivity contribution is 0.137. The Morgan fingerprint density at radius 3 is 2.50 bits per heavy atom. The number of methoxy groups -OCH3 is 1. The van der Waals surface area contributed by atoms with Crippen LogP contribution < -0.4 is 5.32 Å². The Hall–Kier alpha value is -0.900. The Balaban J connectivity index is 1.86. The first-order chi connectivity index (χ1) is 8.83. The number of rotatable bonds is 7. The zero-order valence-electron chi connectivity index (χ0n) is 11.5. The second kappa shape index (κ2) is 6.88. The molecule has 1 aromatic carbocycles. The Labute approximate surface area is 110 Å². The van der Waals surface area contributed by atoms with Gasteiger partial charge >= 0.3 is 0 Å². The molecule has 0 spiro atoms. The van der Waals surface area contributed by atoms with Crippen LogP contribution in [0.2, 0.25) is 0 Å². The van der Waals surface area contributed by atoms with E-state index >= 15 is 0 Å². The van der Waals surface area contributed by atoms with Crippen LogP contribution in [0.25, 0.3) is 0 Å². The fraction of sp³-hybridized carbons (Fsp3) is 0.600. The summed E-state index contributed by atoms with van der Waals surface area (Å²) in [5, 5.41) is 3.56. The van der Waals surface area contributed by atoms with Crippen LogP contribution in [0.1, 0.15) is 24.5 Å². The number of hydrogen-bond acceptors (Lipinski definition) is 3. The number of ether oxygens (including phenoxy) is 1. The fourth-order valence-electron chi connectivity index (χ4n) is 2.57. The third kappa shape index (κ3) is 3.55. The van der Waals surface area contributed by atoms with Crippen LogP contribution in [0.3, 0.4) is 0 Å². The van der Waals surface area contributed by atoms with Crippen molar-refractivity contribution in [3.8, 4) is 0 Å². The molecule has 1 heterocycles. The molecule has 1 aliphatic heterocycles. The molecular weight excluding hydrogens is 224 g/mol. The number of nitrogens with one attached hydrogen (secondary N) is 1. The van der Waals surface area contributed by atoms with Gasteiger partial charge in [0.15, 0.2) is 0 Å². The smallest absolute Gasteiger partial charge is 0.0628 e. The summed E-state index contributed by atoms with van der Waals surface area (Å²) in [5.74, 6) is 0. The number of fused-ring (bicyclic) bond motifs is 1. The van der Waals surface area contributed by atoms with Crippen LogP contribution in [-0.2, 0) is 17.8 Å². The van der Waals surface area contributed by atoms with Crippen molar-refractivity contribution >= 4 is 0 Å². The van der Waals surface area contributed by atoms with Crippen LogP contribution in [0.4, 0.5) is 0 Å². The average Bonchev–Trinajstić information content (AvgIpc) is 2.78. The summed E-state index contributed by atoms with van der Waals surface area (Å²) in [6.45, 7) is 7.25. The highest BCUT2D eigenvalue weighted by Crippen LogP contribution is 2.22. The maximum Gasteiger partial charge on any atom is 0.0628 e. The Kier molecular flexibility index (Phi) is 5.17. The molecule has 3 nitrogen and oxygen atoms in total. The number of hydrogen-bond donors (Lipinski definition) is 1. The third-order valence-electron chi connectivity index (χ3n) is 3.44. The van der Waals surface area contributed by atoms with Crippen molar-refractivity contribution in [2.45, 2.75) is 32.5 Å². The molecule has 1 atom stereocenters. The molecule has 0 radical (unpaired) electrons. The van der Waals surface area contributed by atoms with Gasteiger partial charge in [0.25, 0.3) is 0 Å². The molecule has 100 valence electrons. The molecular formula is C15H24N2O. The van der Waals surface area contributed by atoms with Crippen molar-refractivity contribution < 1.29 is 4.74 Å². The van der Waals surface area contributed by atoms with Crippen molar-refractivity contribution in [3.63, 3.8) is 0 Å². The van der Waals surface area contributed by atoms with Crippen molar-refractivity contribution in [3.05, 3.63) is 35.4 Å². The van der Waals surface area contributed by atoms with E-state index in [1.54, 1.807) is 7.11 Å². The zero-order chi connectivity index (χ0) is 12.8. The summed E-state index contributed by atoms with van der Waals surface area (Å²) in [4.78, 5) is 2.50. The minimum absolute atomic E-state index is 0.435. The highest BCUT2D eigenvalue weighted by Gasteiger charge is 2.21. The molecule has 0 aromatic heterocycles. The van der Waals surface area contributed by atoms with Crippen molar-refractivity contribution in [1.29, 1.82) is 0 Å². The Morgan fingerprint density at radius 1 is 1.28 bits per heavy atom. The first kappa shape index (κ1) is 13.5. The molecule has 0 amide bonds. The molecule has 0 saturated carbocycles. The van der Waals surface area contributed by atoms with Crippen molar-refractivity contribution in [2.24, 2.45) is 0 Å². The van der Waals surface area contributed by atoms with Crippen LogP contribution in [-0.4, -0.2) is 37.7 Å². The predicted octanol–water partition coefficient (Wildman–Crippen LogP) is 2.02. The minimum Gasteiger partial charge on any atom is -0.383 e. The van der Waals surface area contributed by atoms with Gasteiger partial charge in [-0.3, -0.25) is 4.90 Å². The molecule has 2 rings (SSSR count). The molecule has 0 aliphatic carbocycles. The van der Waals surface area contributed by atoms with E-state index in [2.05, 4.69) is 41.4 Å². The van der Waals surface area contributed by atoms with Gasteiger partial charge in [-0.1, -0.05) is 31.2 Å². The van der Waals surface area contributed by atoms with Gasteiger partial charge in [0.05, 0.1) is 6.61 Å². The van der Waals surface area contributed by atoms with Crippen LogP contribution in [0, 0.1) is 0 Å². The molecule has 3 heteroatoms. The summed E-state index contributed by atoms with van der Waals surface area (Å²) in [6.07, 6.45) is 1.17. The molecule has 1 aliphatic rings. The Morgan fingerprint density at radius 2 is 1.94 bits per heavy atom. The largest absolute Gasteiger partial charge is 0.383 e. The molecule has 1 aromatic rings. The molecule has 1 unspecified atom stereocenters. The molecule has 0 saturated heterocycles. The van der Waals surface area contributed by atoms with E-state index in [4.69, 9.17) is 4.74 Å². The molecule has 0 bridgehead atoms.